The second-order valence-corrected chi connectivity index (χ2v) is 8.14. The summed E-state index contributed by atoms with van der Waals surface area (Å²) in [4.78, 5) is 21.4. The van der Waals surface area contributed by atoms with E-state index in [9.17, 15) is 4.79 Å². The molecule has 4 heterocycles. The predicted octanol–water partition coefficient (Wildman–Crippen LogP) is 2.11. The molecule has 1 amide bonds. The molecule has 0 aromatic carbocycles. The van der Waals surface area contributed by atoms with E-state index in [0.717, 1.165) is 39.3 Å². The molecule has 4 rings (SSSR count). The summed E-state index contributed by atoms with van der Waals surface area (Å²) in [5, 5.41) is 1.87. The fourth-order valence-electron chi connectivity index (χ4n) is 4.47. The molecule has 0 N–H and O–H groups in total. The zero-order valence-corrected chi connectivity index (χ0v) is 14.4. The van der Waals surface area contributed by atoms with Crippen LogP contribution >= 0.6 is 11.3 Å². The zero-order chi connectivity index (χ0) is 15.7. The van der Waals surface area contributed by atoms with Crippen LogP contribution in [0.2, 0.25) is 0 Å². The lowest BCUT2D eigenvalue weighted by Crippen LogP contribution is -2.47. The van der Waals surface area contributed by atoms with E-state index in [1.807, 2.05) is 10.3 Å². The lowest BCUT2D eigenvalue weighted by Gasteiger charge is -2.40. The topological polar surface area (TPSA) is 45.7 Å². The minimum atomic E-state index is 0.118. The molecule has 126 valence electrons. The van der Waals surface area contributed by atoms with Crippen molar-refractivity contribution < 1.29 is 9.53 Å². The van der Waals surface area contributed by atoms with Gasteiger partial charge in [0, 0.05) is 43.6 Å². The number of aromatic nitrogens is 1. The van der Waals surface area contributed by atoms with Gasteiger partial charge in [0.25, 0.3) is 5.91 Å². The number of ether oxygens (including phenoxy) is 1. The van der Waals surface area contributed by atoms with E-state index in [4.69, 9.17) is 4.74 Å². The number of hydrogen-bond acceptors (Lipinski definition) is 5. The summed E-state index contributed by atoms with van der Waals surface area (Å²) < 4.78 is 5.51. The van der Waals surface area contributed by atoms with E-state index in [2.05, 4.69) is 9.88 Å². The molecule has 3 fully saturated rings. The average molecular weight is 335 g/mol. The Kier molecular flexibility index (Phi) is 4.39. The van der Waals surface area contributed by atoms with Crippen molar-refractivity contribution in [2.45, 2.75) is 25.7 Å². The van der Waals surface area contributed by atoms with Crippen molar-refractivity contribution in [2.75, 3.05) is 45.9 Å². The Labute approximate surface area is 141 Å². The van der Waals surface area contributed by atoms with Gasteiger partial charge in [-0.25, -0.2) is 4.98 Å². The molecule has 5 nitrogen and oxygen atoms in total. The highest BCUT2D eigenvalue weighted by atomic mass is 32.1. The van der Waals surface area contributed by atoms with Crippen LogP contribution in [0.3, 0.4) is 0 Å². The predicted molar refractivity (Wildman–Crippen MR) is 89.7 cm³/mol. The van der Waals surface area contributed by atoms with E-state index in [-0.39, 0.29) is 5.91 Å². The molecular formula is C17H25N3O2S. The van der Waals surface area contributed by atoms with E-state index in [1.165, 1.54) is 43.7 Å². The van der Waals surface area contributed by atoms with Crippen LogP contribution in [-0.4, -0.2) is 66.6 Å². The minimum Gasteiger partial charge on any atom is -0.381 e. The van der Waals surface area contributed by atoms with Crippen LogP contribution in [0.4, 0.5) is 0 Å². The lowest BCUT2D eigenvalue weighted by atomic mass is 9.79. The third-order valence-electron chi connectivity index (χ3n) is 5.66. The SMILES string of the molecule is O=C(c1cscn1)N1CCCC2(CCN(CC3CCOC3)C2)C1. The quantitative estimate of drug-likeness (QED) is 0.849. The molecular weight excluding hydrogens is 310 g/mol. The van der Waals surface area contributed by atoms with Gasteiger partial charge in [0.15, 0.2) is 0 Å². The van der Waals surface area contributed by atoms with Crippen molar-refractivity contribution in [3.8, 4) is 0 Å². The molecule has 3 saturated heterocycles. The first-order valence-electron chi connectivity index (χ1n) is 8.72. The minimum absolute atomic E-state index is 0.118. The van der Waals surface area contributed by atoms with Crippen LogP contribution in [0, 0.1) is 11.3 Å². The van der Waals surface area contributed by atoms with Crippen LogP contribution in [-0.2, 0) is 4.74 Å². The number of likely N-dealkylation sites (tertiary alicyclic amines) is 2. The molecule has 0 aliphatic carbocycles. The molecule has 1 aromatic heterocycles. The van der Waals surface area contributed by atoms with Gasteiger partial charge in [0.2, 0.25) is 0 Å². The Hall–Kier alpha value is -0.980. The number of amides is 1. The molecule has 1 aromatic rings. The van der Waals surface area contributed by atoms with E-state index < -0.39 is 0 Å². The van der Waals surface area contributed by atoms with Gasteiger partial charge in [-0.05, 0) is 38.1 Å². The van der Waals surface area contributed by atoms with E-state index >= 15 is 0 Å². The summed E-state index contributed by atoms with van der Waals surface area (Å²) in [6, 6.07) is 0. The van der Waals surface area contributed by atoms with E-state index in [0.29, 0.717) is 17.0 Å². The summed E-state index contributed by atoms with van der Waals surface area (Å²) in [6.45, 7) is 7.13. The number of carbonyl (C=O) groups is 1. The summed E-state index contributed by atoms with van der Waals surface area (Å²) in [5.74, 6) is 0.828. The maximum atomic E-state index is 12.6. The lowest BCUT2D eigenvalue weighted by molar-refractivity contribution is 0.0519. The molecule has 2 unspecified atom stereocenters. The first kappa shape index (κ1) is 15.5. The van der Waals surface area contributed by atoms with E-state index in [1.54, 1.807) is 5.51 Å². The summed E-state index contributed by atoms with van der Waals surface area (Å²) in [7, 11) is 0. The van der Waals surface area contributed by atoms with Crippen LogP contribution in [0.1, 0.15) is 36.2 Å². The van der Waals surface area contributed by atoms with Gasteiger partial charge in [-0.15, -0.1) is 11.3 Å². The number of thiazole rings is 1. The largest absolute Gasteiger partial charge is 0.381 e. The summed E-state index contributed by atoms with van der Waals surface area (Å²) in [5.41, 5.74) is 2.67. The smallest absolute Gasteiger partial charge is 0.273 e. The highest BCUT2D eigenvalue weighted by molar-refractivity contribution is 7.07. The van der Waals surface area contributed by atoms with Crippen molar-refractivity contribution in [1.82, 2.24) is 14.8 Å². The molecule has 2 atom stereocenters. The highest BCUT2D eigenvalue weighted by Crippen LogP contribution is 2.39. The molecule has 0 bridgehead atoms. The number of nitrogens with zero attached hydrogens (tertiary/aromatic N) is 3. The number of piperidine rings is 1. The van der Waals surface area contributed by atoms with Gasteiger partial charge in [-0.3, -0.25) is 4.79 Å². The van der Waals surface area contributed by atoms with Crippen molar-refractivity contribution >= 4 is 17.2 Å². The first-order valence-corrected chi connectivity index (χ1v) is 9.66. The molecule has 0 radical (unpaired) electrons. The highest BCUT2D eigenvalue weighted by Gasteiger charge is 2.43. The van der Waals surface area contributed by atoms with Crippen LogP contribution < -0.4 is 0 Å². The molecule has 23 heavy (non-hydrogen) atoms. The zero-order valence-electron chi connectivity index (χ0n) is 13.6. The van der Waals surface area contributed by atoms with Crippen molar-refractivity contribution in [3.05, 3.63) is 16.6 Å². The Morgan fingerprint density at radius 3 is 3.13 bits per heavy atom. The summed E-state index contributed by atoms with van der Waals surface area (Å²) in [6.07, 6.45) is 4.81. The van der Waals surface area contributed by atoms with Crippen LogP contribution in [0.25, 0.3) is 0 Å². The van der Waals surface area contributed by atoms with Crippen molar-refractivity contribution in [3.63, 3.8) is 0 Å². The standard InChI is InChI=1S/C17H25N3O2S/c21-16(15-10-23-13-18-15)20-5-1-3-17(12-20)4-6-19(11-17)8-14-2-7-22-9-14/h10,13-14H,1-9,11-12H2. The van der Waals surface area contributed by atoms with Gasteiger partial charge in [-0.2, -0.15) is 0 Å². The Bertz CT molecular complexity index is 544. The van der Waals surface area contributed by atoms with Crippen LogP contribution in [0.15, 0.2) is 10.9 Å². The average Bonchev–Trinajstić information content (AvgIpc) is 3.30. The first-order chi connectivity index (χ1) is 11.2. The summed E-state index contributed by atoms with van der Waals surface area (Å²) >= 11 is 1.50. The second kappa shape index (κ2) is 6.49. The van der Waals surface area contributed by atoms with Gasteiger partial charge in [0.05, 0.1) is 12.1 Å². The fraction of sp³-hybridized carbons (Fsp3) is 0.765. The third-order valence-corrected chi connectivity index (χ3v) is 6.24. The monoisotopic (exact) mass is 335 g/mol. The third kappa shape index (κ3) is 3.30. The van der Waals surface area contributed by atoms with Gasteiger partial charge < -0.3 is 14.5 Å². The van der Waals surface area contributed by atoms with Gasteiger partial charge >= 0.3 is 0 Å². The Morgan fingerprint density at radius 2 is 2.35 bits per heavy atom. The van der Waals surface area contributed by atoms with Crippen LogP contribution in [0.5, 0.6) is 0 Å². The number of carbonyl (C=O) groups excluding carboxylic acids is 1. The second-order valence-electron chi connectivity index (χ2n) is 7.42. The molecule has 3 aliphatic rings. The molecule has 6 heteroatoms. The number of hydrogen-bond donors (Lipinski definition) is 0. The maximum absolute atomic E-state index is 12.6. The maximum Gasteiger partial charge on any atom is 0.273 e. The van der Waals surface area contributed by atoms with Crippen molar-refractivity contribution in [1.29, 1.82) is 0 Å². The van der Waals surface area contributed by atoms with Gasteiger partial charge in [-0.1, -0.05) is 0 Å². The molecule has 3 aliphatic heterocycles. The normalized spacial score (nSPS) is 32.0. The Morgan fingerprint density at radius 1 is 1.39 bits per heavy atom. The van der Waals surface area contributed by atoms with Crippen molar-refractivity contribution in [2.24, 2.45) is 11.3 Å². The molecule has 1 spiro atoms. The van der Waals surface area contributed by atoms with Gasteiger partial charge in [0.1, 0.15) is 5.69 Å². The molecule has 0 saturated carbocycles. The fourth-order valence-corrected chi connectivity index (χ4v) is 5.00. The Balaban J connectivity index is 1.38. The number of rotatable bonds is 3.